The first-order valence-electron chi connectivity index (χ1n) is 5.75. The molecule has 0 bridgehead atoms. The van der Waals surface area contributed by atoms with E-state index in [0.717, 1.165) is 18.1 Å². The second kappa shape index (κ2) is 6.33. The molecule has 0 atom stereocenters. The molecule has 2 N–H and O–H groups in total. The molecule has 1 rings (SSSR count). The van der Waals surface area contributed by atoms with Gasteiger partial charge >= 0.3 is 0 Å². The van der Waals surface area contributed by atoms with Crippen LogP contribution in [0.5, 0.6) is 5.75 Å². The normalized spacial score (nSPS) is 10.6. The minimum atomic E-state index is 0.359. The van der Waals surface area contributed by atoms with Crippen molar-refractivity contribution in [3.05, 3.63) is 18.3 Å². The highest BCUT2D eigenvalue weighted by Gasteiger charge is 2.15. The van der Waals surface area contributed by atoms with E-state index in [0.29, 0.717) is 19.2 Å². The monoisotopic (exact) mass is 223 g/mol. The Hall–Kier alpha value is -1.29. The fourth-order valence-corrected chi connectivity index (χ4v) is 1.61. The highest BCUT2D eigenvalue weighted by Crippen LogP contribution is 2.26. The number of nitrogens with two attached hydrogens (primary N) is 1. The van der Waals surface area contributed by atoms with E-state index in [1.807, 2.05) is 19.1 Å². The van der Waals surface area contributed by atoms with E-state index in [1.54, 1.807) is 6.20 Å². The van der Waals surface area contributed by atoms with Crippen LogP contribution in [0.3, 0.4) is 0 Å². The molecule has 4 heteroatoms. The number of rotatable bonds is 6. The number of nitrogens with zero attached hydrogens (tertiary/aromatic N) is 2. The molecular weight excluding hydrogens is 202 g/mol. The summed E-state index contributed by atoms with van der Waals surface area (Å²) in [7, 11) is 0. The van der Waals surface area contributed by atoms with Crippen LogP contribution in [0.2, 0.25) is 0 Å². The number of ether oxygens (including phenoxy) is 1. The van der Waals surface area contributed by atoms with E-state index in [9.17, 15) is 0 Å². The summed E-state index contributed by atoms with van der Waals surface area (Å²) in [4.78, 5) is 6.54. The lowest BCUT2D eigenvalue weighted by Crippen LogP contribution is -2.36. The van der Waals surface area contributed by atoms with Crippen LogP contribution in [0.4, 0.5) is 5.82 Å². The van der Waals surface area contributed by atoms with Crippen LogP contribution >= 0.6 is 0 Å². The van der Waals surface area contributed by atoms with Crippen molar-refractivity contribution in [3.8, 4) is 5.75 Å². The maximum atomic E-state index is 5.62. The highest BCUT2D eigenvalue weighted by molar-refractivity contribution is 5.52. The standard InChI is InChI=1S/C12H21N3O/c1-4-16-11-6-5-8-14-12(11)15(9-7-13)10(2)3/h5-6,8,10H,4,7,9,13H2,1-3H3. The van der Waals surface area contributed by atoms with Crippen molar-refractivity contribution in [2.24, 2.45) is 5.73 Å². The largest absolute Gasteiger partial charge is 0.490 e. The summed E-state index contributed by atoms with van der Waals surface area (Å²) in [6.45, 7) is 8.27. The average molecular weight is 223 g/mol. The molecule has 1 aromatic rings. The van der Waals surface area contributed by atoms with Crippen molar-refractivity contribution in [1.29, 1.82) is 0 Å². The summed E-state index contributed by atoms with van der Waals surface area (Å²) >= 11 is 0. The van der Waals surface area contributed by atoms with Crippen molar-refractivity contribution in [2.45, 2.75) is 26.8 Å². The zero-order valence-electron chi connectivity index (χ0n) is 10.3. The van der Waals surface area contributed by atoms with Gasteiger partial charge in [0, 0.05) is 25.3 Å². The molecule has 0 aromatic carbocycles. The maximum Gasteiger partial charge on any atom is 0.171 e. The summed E-state index contributed by atoms with van der Waals surface area (Å²) in [6, 6.07) is 4.19. The number of pyridine rings is 1. The van der Waals surface area contributed by atoms with E-state index in [1.165, 1.54) is 0 Å². The summed E-state index contributed by atoms with van der Waals surface area (Å²) in [5.41, 5.74) is 5.62. The molecule has 1 heterocycles. The number of aromatic nitrogens is 1. The van der Waals surface area contributed by atoms with E-state index < -0.39 is 0 Å². The van der Waals surface area contributed by atoms with Gasteiger partial charge in [0.2, 0.25) is 0 Å². The summed E-state index contributed by atoms with van der Waals surface area (Å²) < 4.78 is 5.57. The SMILES string of the molecule is CCOc1cccnc1N(CCN)C(C)C. The van der Waals surface area contributed by atoms with Gasteiger partial charge in [0.05, 0.1) is 6.61 Å². The Morgan fingerprint density at radius 1 is 1.50 bits per heavy atom. The molecule has 0 radical (unpaired) electrons. The fourth-order valence-electron chi connectivity index (χ4n) is 1.61. The third-order valence-corrected chi connectivity index (χ3v) is 2.32. The third-order valence-electron chi connectivity index (χ3n) is 2.32. The molecular formula is C12H21N3O. The van der Waals surface area contributed by atoms with Gasteiger partial charge < -0.3 is 15.4 Å². The van der Waals surface area contributed by atoms with Crippen LogP contribution in [0.1, 0.15) is 20.8 Å². The van der Waals surface area contributed by atoms with Crippen LogP contribution in [0.15, 0.2) is 18.3 Å². The van der Waals surface area contributed by atoms with Gasteiger partial charge in [-0.2, -0.15) is 0 Å². The molecule has 0 aliphatic rings. The second-order valence-electron chi connectivity index (χ2n) is 3.83. The lowest BCUT2D eigenvalue weighted by atomic mass is 10.3. The smallest absolute Gasteiger partial charge is 0.171 e. The van der Waals surface area contributed by atoms with E-state index in [2.05, 4.69) is 23.7 Å². The number of hydrogen-bond donors (Lipinski definition) is 1. The predicted molar refractivity (Wildman–Crippen MR) is 66.9 cm³/mol. The zero-order valence-corrected chi connectivity index (χ0v) is 10.3. The molecule has 90 valence electrons. The van der Waals surface area contributed by atoms with Gasteiger partial charge in [-0.3, -0.25) is 0 Å². The summed E-state index contributed by atoms with van der Waals surface area (Å²) in [5.74, 6) is 1.71. The lowest BCUT2D eigenvalue weighted by Gasteiger charge is -2.28. The Kier molecular flexibility index (Phi) is 5.05. The molecule has 0 aliphatic heterocycles. The van der Waals surface area contributed by atoms with Gasteiger partial charge in [-0.05, 0) is 32.9 Å². The van der Waals surface area contributed by atoms with Crippen LogP contribution in [0, 0.1) is 0 Å². The molecule has 0 saturated carbocycles. The van der Waals surface area contributed by atoms with Crippen molar-refractivity contribution in [2.75, 3.05) is 24.6 Å². The first-order chi connectivity index (χ1) is 7.70. The molecule has 0 amide bonds. The Morgan fingerprint density at radius 3 is 2.81 bits per heavy atom. The van der Waals surface area contributed by atoms with Crippen molar-refractivity contribution >= 4 is 5.82 Å². The predicted octanol–water partition coefficient (Wildman–Crippen LogP) is 1.65. The number of hydrogen-bond acceptors (Lipinski definition) is 4. The van der Waals surface area contributed by atoms with Gasteiger partial charge in [0.15, 0.2) is 11.6 Å². The van der Waals surface area contributed by atoms with Gasteiger partial charge in [0.25, 0.3) is 0 Å². The Morgan fingerprint density at radius 2 is 2.25 bits per heavy atom. The van der Waals surface area contributed by atoms with Gasteiger partial charge in [-0.25, -0.2) is 4.98 Å². The molecule has 0 spiro atoms. The van der Waals surface area contributed by atoms with Crippen LogP contribution < -0.4 is 15.4 Å². The summed E-state index contributed by atoms with van der Waals surface area (Å²) in [6.07, 6.45) is 1.78. The molecule has 0 unspecified atom stereocenters. The van der Waals surface area contributed by atoms with E-state index >= 15 is 0 Å². The summed E-state index contributed by atoms with van der Waals surface area (Å²) in [5, 5.41) is 0. The fraction of sp³-hybridized carbons (Fsp3) is 0.583. The minimum Gasteiger partial charge on any atom is -0.490 e. The van der Waals surface area contributed by atoms with Crippen molar-refractivity contribution in [1.82, 2.24) is 4.98 Å². The Balaban J connectivity index is 2.97. The average Bonchev–Trinajstić information content (AvgIpc) is 2.27. The van der Waals surface area contributed by atoms with E-state index in [-0.39, 0.29) is 0 Å². The van der Waals surface area contributed by atoms with Gasteiger partial charge in [-0.15, -0.1) is 0 Å². The lowest BCUT2D eigenvalue weighted by molar-refractivity contribution is 0.338. The topological polar surface area (TPSA) is 51.4 Å². The van der Waals surface area contributed by atoms with Crippen LogP contribution in [0.25, 0.3) is 0 Å². The second-order valence-corrected chi connectivity index (χ2v) is 3.83. The zero-order chi connectivity index (χ0) is 12.0. The highest BCUT2D eigenvalue weighted by atomic mass is 16.5. The quantitative estimate of drug-likeness (QED) is 0.796. The molecule has 4 nitrogen and oxygen atoms in total. The molecule has 1 aromatic heterocycles. The van der Waals surface area contributed by atoms with Gasteiger partial charge in [0.1, 0.15) is 0 Å². The third kappa shape index (κ3) is 3.10. The van der Waals surface area contributed by atoms with E-state index in [4.69, 9.17) is 10.5 Å². The number of anilines is 1. The Bertz CT molecular complexity index is 315. The minimum absolute atomic E-state index is 0.359. The van der Waals surface area contributed by atoms with Crippen molar-refractivity contribution < 1.29 is 4.74 Å². The van der Waals surface area contributed by atoms with Crippen LogP contribution in [-0.2, 0) is 0 Å². The molecule has 0 aliphatic carbocycles. The van der Waals surface area contributed by atoms with Crippen LogP contribution in [-0.4, -0.2) is 30.7 Å². The van der Waals surface area contributed by atoms with Crippen molar-refractivity contribution in [3.63, 3.8) is 0 Å². The maximum absolute atomic E-state index is 5.62. The molecule has 16 heavy (non-hydrogen) atoms. The molecule has 0 fully saturated rings. The molecule has 0 saturated heterocycles. The first kappa shape index (κ1) is 12.8. The Labute approximate surface area is 97.4 Å². The first-order valence-corrected chi connectivity index (χ1v) is 5.75. The van der Waals surface area contributed by atoms with Gasteiger partial charge in [-0.1, -0.05) is 0 Å².